The maximum atomic E-state index is 12.3. The smallest absolute Gasteiger partial charge is 0.321 e. The van der Waals surface area contributed by atoms with E-state index in [1.807, 2.05) is 35.7 Å². The van der Waals surface area contributed by atoms with E-state index in [4.69, 9.17) is 0 Å². The number of hydrogen-bond acceptors (Lipinski definition) is 4. The number of nitrogens with zero attached hydrogens (tertiary/aromatic N) is 2. The third-order valence-corrected chi connectivity index (χ3v) is 5.62. The van der Waals surface area contributed by atoms with Crippen molar-refractivity contribution in [2.24, 2.45) is 7.05 Å². The highest BCUT2D eigenvalue weighted by molar-refractivity contribution is 7.99. The second-order valence-electron chi connectivity index (χ2n) is 5.09. The van der Waals surface area contributed by atoms with Crippen LogP contribution in [0.3, 0.4) is 0 Å². The first kappa shape index (κ1) is 14.5. The van der Waals surface area contributed by atoms with Crippen LogP contribution in [0.1, 0.15) is 5.56 Å². The average Bonchev–Trinajstić information content (AvgIpc) is 2.75. The Bertz CT molecular complexity index is 744. The van der Waals surface area contributed by atoms with Gasteiger partial charge in [0.1, 0.15) is 0 Å². The molecule has 0 saturated carbocycles. The van der Waals surface area contributed by atoms with Gasteiger partial charge in [-0.2, -0.15) is 11.8 Å². The van der Waals surface area contributed by atoms with Gasteiger partial charge in [-0.25, -0.2) is 4.79 Å². The normalized spacial score (nSPS) is 15.4. The number of anilines is 1. The molecule has 1 N–H and O–H groups in total. The molecule has 1 aliphatic rings. The number of fused-ring (bicyclic) bond motifs is 1. The van der Waals surface area contributed by atoms with E-state index in [1.165, 1.54) is 11.3 Å². The first-order valence-electron chi connectivity index (χ1n) is 6.80. The molecule has 0 spiro atoms. The van der Waals surface area contributed by atoms with E-state index in [9.17, 15) is 9.59 Å². The standard InChI is InChI=1S/C14H17N3O2S2/c1-9-7-11-12(21-14(19)16(11)2)8-10(9)15-13(18)17-3-5-20-6-4-17/h7-8H,3-6H2,1-2H3,(H,15,18). The van der Waals surface area contributed by atoms with Crippen LogP contribution >= 0.6 is 23.1 Å². The molecule has 0 aliphatic carbocycles. The van der Waals surface area contributed by atoms with Crippen LogP contribution in [0.5, 0.6) is 0 Å². The van der Waals surface area contributed by atoms with Crippen molar-refractivity contribution in [2.45, 2.75) is 6.92 Å². The molecule has 0 radical (unpaired) electrons. The predicted octanol–water partition coefficient (Wildman–Crippen LogP) is 2.49. The highest BCUT2D eigenvalue weighted by atomic mass is 32.2. The lowest BCUT2D eigenvalue weighted by Crippen LogP contribution is -2.40. The van der Waals surface area contributed by atoms with E-state index in [1.54, 1.807) is 11.6 Å². The fraction of sp³-hybridized carbons (Fsp3) is 0.429. The summed E-state index contributed by atoms with van der Waals surface area (Å²) in [6, 6.07) is 3.79. The molecule has 2 aromatic rings. The van der Waals surface area contributed by atoms with Gasteiger partial charge in [-0.1, -0.05) is 11.3 Å². The van der Waals surface area contributed by atoms with Gasteiger partial charge in [0.15, 0.2) is 0 Å². The van der Waals surface area contributed by atoms with Crippen LogP contribution in [0.4, 0.5) is 10.5 Å². The van der Waals surface area contributed by atoms with Gasteiger partial charge in [0.2, 0.25) is 0 Å². The van der Waals surface area contributed by atoms with Gasteiger partial charge in [0.25, 0.3) is 0 Å². The quantitative estimate of drug-likeness (QED) is 0.877. The second kappa shape index (κ2) is 5.73. The largest absolute Gasteiger partial charge is 0.323 e. The molecule has 3 rings (SSSR count). The number of urea groups is 1. The zero-order valence-corrected chi connectivity index (χ0v) is 13.6. The lowest BCUT2D eigenvalue weighted by Gasteiger charge is -2.26. The fourth-order valence-corrected chi connectivity index (χ4v) is 4.18. The molecule has 1 saturated heterocycles. The molecular formula is C14H17N3O2S2. The molecule has 2 amide bonds. The van der Waals surface area contributed by atoms with E-state index < -0.39 is 0 Å². The number of thiazole rings is 1. The van der Waals surface area contributed by atoms with Crippen molar-refractivity contribution in [3.05, 3.63) is 27.4 Å². The average molecular weight is 323 g/mol. The summed E-state index contributed by atoms with van der Waals surface area (Å²) < 4.78 is 2.54. The Kier molecular flexibility index (Phi) is 3.95. The Labute approximate surface area is 130 Å². The first-order valence-corrected chi connectivity index (χ1v) is 8.77. The SMILES string of the molecule is Cc1cc2c(cc1NC(=O)N1CCSCC1)sc(=O)n2C. The summed E-state index contributed by atoms with van der Waals surface area (Å²) in [6.07, 6.45) is 0. The summed E-state index contributed by atoms with van der Waals surface area (Å²) in [7, 11) is 1.77. The molecule has 21 heavy (non-hydrogen) atoms. The number of thioether (sulfide) groups is 1. The number of benzene rings is 1. The van der Waals surface area contributed by atoms with Crippen LogP contribution in [-0.4, -0.2) is 40.1 Å². The minimum absolute atomic E-state index is 0.0148. The molecule has 0 unspecified atom stereocenters. The van der Waals surface area contributed by atoms with Gasteiger partial charge in [0.05, 0.1) is 10.2 Å². The van der Waals surface area contributed by atoms with E-state index in [0.29, 0.717) is 0 Å². The number of carbonyl (C=O) groups excluding carboxylic acids is 1. The summed E-state index contributed by atoms with van der Waals surface area (Å²) >= 11 is 3.08. The van der Waals surface area contributed by atoms with Crippen molar-refractivity contribution < 1.29 is 4.79 Å². The van der Waals surface area contributed by atoms with Crippen LogP contribution in [0, 0.1) is 6.92 Å². The monoisotopic (exact) mass is 323 g/mol. The predicted molar refractivity (Wildman–Crippen MR) is 89.7 cm³/mol. The fourth-order valence-electron chi connectivity index (χ4n) is 2.37. The van der Waals surface area contributed by atoms with Gasteiger partial charge in [-0.3, -0.25) is 4.79 Å². The summed E-state index contributed by atoms with van der Waals surface area (Å²) in [5, 5.41) is 2.97. The van der Waals surface area contributed by atoms with Crippen LogP contribution in [0.2, 0.25) is 0 Å². The van der Waals surface area contributed by atoms with Crippen LogP contribution in [0.15, 0.2) is 16.9 Å². The summed E-state index contributed by atoms with van der Waals surface area (Å²) in [5.74, 6) is 1.98. The lowest BCUT2D eigenvalue weighted by molar-refractivity contribution is 0.217. The number of amides is 2. The molecule has 1 aromatic carbocycles. The first-order chi connectivity index (χ1) is 10.1. The maximum absolute atomic E-state index is 12.3. The Hall–Kier alpha value is -1.47. The maximum Gasteiger partial charge on any atom is 0.321 e. The number of hydrogen-bond donors (Lipinski definition) is 1. The zero-order valence-electron chi connectivity index (χ0n) is 12.0. The van der Waals surface area contributed by atoms with Crippen LogP contribution < -0.4 is 10.2 Å². The summed E-state index contributed by atoms with van der Waals surface area (Å²) in [5.41, 5.74) is 2.66. The van der Waals surface area contributed by atoms with Crippen LogP contribution in [0.25, 0.3) is 10.2 Å². The van der Waals surface area contributed by atoms with Crippen molar-refractivity contribution in [3.63, 3.8) is 0 Å². The molecule has 5 nitrogen and oxygen atoms in total. The van der Waals surface area contributed by atoms with Crippen molar-refractivity contribution in [3.8, 4) is 0 Å². The number of aryl methyl sites for hydroxylation is 2. The molecule has 0 atom stereocenters. The molecule has 0 bridgehead atoms. The van der Waals surface area contributed by atoms with Gasteiger partial charge in [-0.05, 0) is 24.6 Å². The Morgan fingerprint density at radius 1 is 1.29 bits per heavy atom. The highest BCUT2D eigenvalue weighted by Crippen LogP contribution is 2.25. The van der Waals surface area contributed by atoms with Crippen molar-refractivity contribution in [1.82, 2.24) is 9.47 Å². The van der Waals surface area contributed by atoms with Crippen LogP contribution in [-0.2, 0) is 7.05 Å². The molecule has 7 heteroatoms. The van der Waals surface area contributed by atoms with Crippen molar-refractivity contribution >= 4 is 45.0 Å². The van der Waals surface area contributed by atoms with E-state index in [-0.39, 0.29) is 10.9 Å². The van der Waals surface area contributed by atoms with Gasteiger partial charge < -0.3 is 14.8 Å². The minimum Gasteiger partial charge on any atom is -0.323 e. The highest BCUT2D eigenvalue weighted by Gasteiger charge is 2.18. The Balaban J connectivity index is 1.88. The van der Waals surface area contributed by atoms with Crippen molar-refractivity contribution in [1.29, 1.82) is 0 Å². The van der Waals surface area contributed by atoms with Gasteiger partial charge in [0, 0.05) is 37.3 Å². The third-order valence-electron chi connectivity index (χ3n) is 3.68. The third kappa shape index (κ3) is 2.80. The van der Waals surface area contributed by atoms with Gasteiger partial charge in [-0.15, -0.1) is 0 Å². The summed E-state index contributed by atoms with van der Waals surface area (Å²) in [6.45, 7) is 3.52. The summed E-state index contributed by atoms with van der Waals surface area (Å²) in [4.78, 5) is 25.8. The number of carbonyl (C=O) groups is 1. The number of rotatable bonds is 1. The zero-order chi connectivity index (χ0) is 15.0. The lowest BCUT2D eigenvalue weighted by atomic mass is 10.2. The van der Waals surface area contributed by atoms with Crippen molar-refractivity contribution in [2.75, 3.05) is 29.9 Å². The number of aromatic nitrogens is 1. The molecule has 112 valence electrons. The van der Waals surface area contributed by atoms with Gasteiger partial charge >= 0.3 is 10.9 Å². The minimum atomic E-state index is -0.0546. The Morgan fingerprint density at radius 3 is 2.71 bits per heavy atom. The topological polar surface area (TPSA) is 54.3 Å². The van der Waals surface area contributed by atoms with E-state index in [2.05, 4.69) is 5.32 Å². The second-order valence-corrected chi connectivity index (χ2v) is 7.31. The van der Waals surface area contributed by atoms with E-state index in [0.717, 1.165) is 46.1 Å². The molecule has 2 heterocycles. The molecular weight excluding hydrogens is 306 g/mol. The molecule has 1 aliphatic heterocycles. The molecule has 1 fully saturated rings. The Morgan fingerprint density at radius 2 is 2.00 bits per heavy atom. The number of nitrogens with one attached hydrogen (secondary N) is 1. The van der Waals surface area contributed by atoms with E-state index >= 15 is 0 Å². The molecule has 1 aromatic heterocycles.